The average molecular weight is 1190 g/mol. The molecule has 94 heavy (non-hydrogen) atoms. The quantitative estimate of drug-likeness (QED) is 0.0998. The highest BCUT2D eigenvalue weighted by atomic mass is 14.5. The van der Waals surface area contributed by atoms with Crippen LogP contribution in [0.25, 0.3) is 132 Å². The second-order valence-corrected chi connectivity index (χ2v) is 25.6. The molecular weight excluding hydrogens is 1130 g/mol. The van der Waals surface area contributed by atoms with E-state index in [1.54, 1.807) is 0 Å². The first-order valence-corrected chi connectivity index (χ1v) is 32.9. The molecule has 0 aromatic heterocycles. The fourth-order valence-electron chi connectivity index (χ4n) is 17.1. The van der Waals surface area contributed by atoms with E-state index < -0.39 is 10.8 Å². The summed E-state index contributed by atoms with van der Waals surface area (Å²) in [4.78, 5) is 0. The van der Waals surface area contributed by atoms with Crippen LogP contribution in [-0.4, -0.2) is 0 Å². The van der Waals surface area contributed by atoms with Gasteiger partial charge in [-0.25, -0.2) is 0 Å². The Hall–Kier alpha value is -12.0. The van der Waals surface area contributed by atoms with Gasteiger partial charge >= 0.3 is 0 Å². The third-order valence-electron chi connectivity index (χ3n) is 21.0. The molecule has 0 saturated heterocycles. The first-order chi connectivity index (χ1) is 46.6. The van der Waals surface area contributed by atoms with Crippen molar-refractivity contribution in [3.8, 4) is 77.9 Å². The molecule has 17 aromatic rings. The van der Waals surface area contributed by atoms with Crippen molar-refractivity contribution in [2.24, 2.45) is 0 Å². The topological polar surface area (TPSA) is 0 Å². The summed E-state index contributed by atoms with van der Waals surface area (Å²) in [6.07, 6.45) is 0. The van der Waals surface area contributed by atoms with Crippen molar-refractivity contribution < 1.29 is 0 Å². The average Bonchev–Trinajstić information content (AvgIpc) is 1.44. The zero-order valence-electron chi connectivity index (χ0n) is 51.6. The molecule has 17 aromatic carbocycles. The molecular formula is C94H60. The Kier molecular flexibility index (Phi) is 12.2. The molecule has 0 heterocycles. The SMILES string of the molecule is c1ccc(-c2ccc3c(-c4ccc5c(c4)C(c4ccccc4)(c4ccccc4)c4ccccc4-5)c4cc5c(cc4c(-c4ccc6c(c4)C(c4ccccc4)(c4ccccc4)c4ccccc4-6)c3c2)c(-c2ccccc2)c(-c2ccc3ccccc3c2)c2ccccc25)cc1. The number of fused-ring (bicyclic) bond motifs is 12. The van der Waals surface area contributed by atoms with Crippen molar-refractivity contribution in [1.82, 2.24) is 0 Å². The van der Waals surface area contributed by atoms with Gasteiger partial charge in [0.15, 0.2) is 0 Å². The summed E-state index contributed by atoms with van der Waals surface area (Å²) < 4.78 is 0. The second-order valence-electron chi connectivity index (χ2n) is 25.6. The summed E-state index contributed by atoms with van der Waals surface area (Å²) in [5.74, 6) is 0. The summed E-state index contributed by atoms with van der Waals surface area (Å²) in [5, 5.41) is 12.1. The normalized spacial score (nSPS) is 13.3. The van der Waals surface area contributed by atoms with E-state index in [9.17, 15) is 0 Å². The molecule has 0 N–H and O–H groups in total. The van der Waals surface area contributed by atoms with Gasteiger partial charge < -0.3 is 0 Å². The monoisotopic (exact) mass is 1190 g/mol. The van der Waals surface area contributed by atoms with E-state index in [1.807, 2.05) is 0 Å². The first kappa shape index (κ1) is 53.8. The third kappa shape index (κ3) is 7.87. The fraction of sp³-hybridized carbons (Fsp3) is 0.0213. The van der Waals surface area contributed by atoms with Crippen molar-refractivity contribution >= 4 is 53.9 Å². The van der Waals surface area contributed by atoms with E-state index >= 15 is 0 Å². The van der Waals surface area contributed by atoms with Gasteiger partial charge in [0.1, 0.15) is 0 Å². The van der Waals surface area contributed by atoms with Crippen molar-refractivity contribution in [2.75, 3.05) is 0 Å². The van der Waals surface area contributed by atoms with Crippen LogP contribution in [0.15, 0.2) is 364 Å². The minimum atomic E-state index is -0.613. The maximum absolute atomic E-state index is 2.61. The molecule has 0 nitrogen and oxygen atoms in total. The number of hydrogen-bond donors (Lipinski definition) is 0. The summed E-state index contributed by atoms with van der Waals surface area (Å²) >= 11 is 0. The molecule has 0 bridgehead atoms. The lowest BCUT2D eigenvalue weighted by atomic mass is 9.67. The molecule has 0 heteroatoms. The maximum atomic E-state index is 2.61. The lowest BCUT2D eigenvalue weighted by Gasteiger charge is -2.34. The summed E-state index contributed by atoms with van der Waals surface area (Å²) in [5.41, 5.74) is 25.9. The highest BCUT2D eigenvalue weighted by Gasteiger charge is 2.48. The molecule has 0 atom stereocenters. The van der Waals surface area contributed by atoms with Crippen LogP contribution in [0.5, 0.6) is 0 Å². The molecule has 0 amide bonds. The molecule has 2 aliphatic rings. The van der Waals surface area contributed by atoms with Crippen LogP contribution in [0.2, 0.25) is 0 Å². The van der Waals surface area contributed by atoms with Gasteiger partial charge in [-0.1, -0.05) is 328 Å². The van der Waals surface area contributed by atoms with Crippen LogP contribution in [-0.2, 0) is 10.8 Å². The summed E-state index contributed by atoms with van der Waals surface area (Å²) in [7, 11) is 0. The van der Waals surface area contributed by atoms with Crippen molar-refractivity contribution in [2.45, 2.75) is 10.8 Å². The highest BCUT2D eigenvalue weighted by molar-refractivity contribution is 6.30. The number of rotatable bonds is 9. The Bertz CT molecular complexity index is 5790. The number of benzene rings is 17. The largest absolute Gasteiger partial charge is 0.0713 e. The molecule has 436 valence electrons. The molecule has 0 saturated carbocycles. The predicted molar refractivity (Wildman–Crippen MR) is 396 cm³/mol. The van der Waals surface area contributed by atoms with Crippen LogP contribution in [0, 0.1) is 0 Å². The van der Waals surface area contributed by atoms with Gasteiger partial charge in [-0.2, -0.15) is 0 Å². The van der Waals surface area contributed by atoms with E-state index in [0.29, 0.717) is 0 Å². The van der Waals surface area contributed by atoms with Gasteiger partial charge in [-0.3, -0.25) is 0 Å². The molecule has 0 unspecified atom stereocenters. The van der Waals surface area contributed by atoms with Crippen LogP contribution < -0.4 is 0 Å². The standard InChI is InChI=1S/C94H60/c1-7-27-61(28-8-1)65-49-54-79-81(56-65)90(68-51-53-77-75-43-24-26-46-86(75)94(88(77)58-68,71-37-15-5-16-38-71)72-39-17-6-18-40-72)84-60-82-80(73-41-21-22-44-78(73)92(91(82)63-30-9-2-10-31-63)66-48-47-62-29-19-20-32-64(62)55-66)59-83(84)89(79)67-50-52-76-74-42-23-25-45-85(74)93(87(76)57-67,69-33-11-3-12-34-69)70-35-13-4-14-36-70/h1-60H. The number of hydrogen-bond acceptors (Lipinski definition) is 0. The molecule has 0 spiro atoms. The minimum Gasteiger partial charge on any atom is -0.0622 e. The molecule has 19 rings (SSSR count). The third-order valence-corrected chi connectivity index (χ3v) is 21.0. The lowest BCUT2D eigenvalue weighted by molar-refractivity contribution is 0.769. The second kappa shape index (κ2) is 21.3. The summed E-state index contributed by atoms with van der Waals surface area (Å²) in [6, 6.07) is 138. The zero-order chi connectivity index (χ0) is 61.9. The molecule has 0 fully saturated rings. The molecule has 0 radical (unpaired) electrons. The lowest BCUT2D eigenvalue weighted by Crippen LogP contribution is -2.28. The Balaban J connectivity index is 1.00. The van der Waals surface area contributed by atoms with Gasteiger partial charge in [0.25, 0.3) is 0 Å². The predicted octanol–water partition coefficient (Wildman–Crippen LogP) is 24.5. The molecule has 0 aliphatic heterocycles. The van der Waals surface area contributed by atoms with Crippen LogP contribution in [0.1, 0.15) is 44.5 Å². The van der Waals surface area contributed by atoms with E-state index in [2.05, 4.69) is 364 Å². The van der Waals surface area contributed by atoms with Gasteiger partial charge in [0.2, 0.25) is 0 Å². The summed E-state index contributed by atoms with van der Waals surface area (Å²) in [6.45, 7) is 0. The van der Waals surface area contributed by atoms with Crippen molar-refractivity contribution in [3.63, 3.8) is 0 Å². The Morgan fingerprint density at radius 1 is 0.149 bits per heavy atom. The van der Waals surface area contributed by atoms with E-state index in [-0.39, 0.29) is 0 Å². The van der Waals surface area contributed by atoms with Gasteiger partial charge in [0, 0.05) is 0 Å². The smallest absolute Gasteiger partial charge is 0.0622 e. The van der Waals surface area contributed by atoms with E-state index in [1.165, 1.54) is 176 Å². The Labute approximate surface area is 547 Å². The Morgan fingerprint density at radius 3 is 1.04 bits per heavy atom. The first-order valence-electron chi connectivity index (χ1n) is 32.9. The maximum Gasteiger partial charge on any atom is 0.0713 e. The van der Waals surface area contributed by atoms with Crippen LogP contribution >= 0.6 is 0 Å². The van der Waals surface area contributed by atoms with E-state index in [4.69, 9.17) is 0 Å². The van der Waals surface area contributed by atoms with Crippen LogP contribution in [0.3, 0.4) is 0 Å². The minimum absolute atomic E-state index is 0.602. The van der Waals surface area contributed by atoms with Crippen molar-refractivity contribution in [3.05, 3.63) is 408 Å². The van der Waals surface area contributed by atoms with Gasteiger partial charge in [0.05, 0.1) is 10.8 Å². The Morgan fingerprint density at radius 2 is 0.500 bits per heavy atom. The van der Waals surface area contributed by atoms with Crippen molar-refractivity contribution in [1.29, 1.82) is 0 Å². The van der Waals surface area contributed by atoms with Gasteiger partial charge in [-0.15, -0.1) is 0 Å². The zero-order valence-corrected chi connectivity index (χ0v) is 51.6. The van der Waals surface area contributed by atoms with Crippen LogP contribution in [0.4, 0.5) is 0 Å². The fourth-order valence-corrected chi connectivity index (χ4v) is 17.1. The molecule has 2 aliphatic carbocycles. The van der Waals surface area contributed by atoms with E-state index in [0.717, 1.165) is 0 Å². The van der Waals surface area contributed by atoms with Gasteiger partial charge in [-0.05, 0) is 213 Å². The highest BCUT2D eigenvalue weighted by Crippen LogP contribution is 2.60.